The van der Waals surface area contributed by atoms with E-state index >= 15 is 0 Å². The number of nitrogens with one attached hydrogen (secondary N) is 1. The maximum absolute atomic E-state index is 13.4. The van der Waals surface area contributed by atoms with Crippen molar-refractivity contribution in [1.29, 1.82) is 0 Å². The second kappa shape index (κ2) is 5.18. The number of hydrogen-bond donors (Lipinski definition) is 1. The van der Waals surface area contributed by atoms with Gasteiger partial charge in [0.25, 0.3) is 0 Å². The fourth-order valence-electron chi connectivity index (χ4n) is 3.41. The highest BCUT2D eigenvalue weighted by atomic mass is 19.4. The first-order chi connectivity index (χ1) is 12.8. The van der Waals surface area contributed by atoms with Crippen LogP contribution in [0.3, 0.4) is 0 Å². The molecule has 1 N–H and O–H groups in total. The lowest BCUT2D eigenvalue weighted by Crippen LogP contribution is -2.37. The Morgan fingerprint density at radius 3 is 2.81 bits per heavy atom. The Hall–Kier alpha value is -3.18. The molecule has 0 spiro atoms. The van der Waals surface area contributed by atoms with E-state index in [2.05, 4.69) is 30.6 Å². The van der Waals surface area contributed by atoms with Crippen LogP contribution in [0.4, 0.5) is 19.0 Å². The minimum Gasteiger partial charge on any atom is -0.368 e. The summed E-state index contributed by atoms with van der Waals surface area (Å²) in [5, 5.41) is 16.3. The van der Waals surface area contributed by atoms with Crippen LogP contribution in [0.1, 0.15) is 19.4 Å². The summed E-state index contributed by atoms with van der Waals surface area (Å²) in [5.74, 6) is 0.528. The molecule has 0 saturated heterocycles. The molecule has 27 heavy (non-hydrogen) atoms. The molecule has 2 unspecified atom stereocenters. The van der Waals surface area contributed by atoms with Crippen molar-refractivity contribution in [1.82, 2.24) is 39.1 Å². The van der Waals surface area contributed by atoms with Gasteiger partial charge in [-0.2, -0.15) is 23.4 Å². The number of anilines is 1. The van der Waals surface area contributed by atoms with Crippen molar-refractivity contribution in [2.24, 2.45) is 7.05 Å². The fraction of sp³-hybridized carbons (Fsp3) is 0.400. The first kappa shape index (κ1) is 16.0. The number of hydrogen-bond acceptors (Lipinski definition) is 6. The second-order valence-corrected chi connectivity index (χ2v) is 6.65. The molecule has 5 heterocycles. The van der Waals surface area contributed by atoms with E-state index in [0.29, 0.717) is 22.5 Å². The Bertz CT molecular complexity index is 1170. The van der Waals surface area contributed by atoms with Crippen molar-refractivity contribution in [3.63, 3.8) is 0 Å². The second-order valence-electron chi connectivity index (χ2n) is 6.65. The van der Waals surface area contributed by atoms with Crippen LogP contribution in [-0.2, 0) is 7.05 Å². The summed E-state index contributed by atoms with van der Waals surface area (Å²) in [5.41, 5.74) is 1.42. The monoisotopic (exact) mass is 377 g/mol. The zero-order valence-electron chi connectivity index (χ0n) is 14.3. The van der Waals surface area contributed by atoms with Gasteiger partial charge in [0.15, 0.2) is 17.3 Å². The third kappa shape index (κ3) is 2.35. The molecule has 2 atom stereocenters. The molecule has 0 radical (unpaired) electrons. The number of fused-ring (bicyclic) bond motifs is 4. The van der Waals surface area contributed by atoms with Crippen molar-refractivity contribution in [2.45, 2.75) is 31.6 Å². The van der Waals surface area contributed by atoms with E-state index in [1.54, 1.807) is 24.9 Å². The maximum Gasteiger partial charge on any atom is 0.410 e. The molecule has 4 aromatic heterocycles. The minimum atomic E-state index is -4.38. The van der Waals surface area contributed by atoms with Gasteiger partial charge in [-0.25, -0.2) is 19.2 Å². The lowest BCUT2D eigenvalue weighted by molar-refractivity contribution is -0.173. The molecular formula is C15H14F3N9. The van der Waals surface area contributed by atoms with Crippen molar-refractivity contribution in [3.8, 4) is 11.5 Å². The SMILES string of the molecule is CC1CC(C(F)(F)F)n2nc(-c3nc4c5cnn(C)c5ncn4n3)cc2N1. The third-order valence-corrected chi connectivity index (χ3v) is 4.68. The third-order valence-electron chi connectivity index (χ3n) is 4.68. The molecule has 0 aromatic carbocycles. The summed E-state index contributed by atoms with van der Waals surface area (Å²) in [4.78, 5) is 8.72. The fourth-order valence-corrected chi connectivity index (χ4v) is 3.41. The summed E-state index contributed by atoms with van der Waals surface area (Å²) >= 11 is 0. The predicted molar refractivity (Wildman–Crippen MR) is 89.1 cm³/mol. The molecule has 0 bridgehead atoms. The van der Waals surface area contributed by atoms with Crippen LogP contribution in [0, 0.1) is 0 Å². The highest BCUT2D eigenvalue weighted by Crippen LogP contribution is 2.40. The van der Waals surface area contributed by atoms with Crippen LogP contribution in [0.15, 0.2) is 18.6 Å². The average Bonchev–Trinajstić information content (AvgIpc) is 3.28. The molecule has 1 aliphatic heterocycles. The molecule has 12 heteroatoms. The normalized spacial score (nSPS) is 20.2. The van der Waals surface area contributed by atoms with Crippen molar-refractivity contribution < 1.29 is 13.2 Å². The van der Waals surface area contributed by atoms with Gasteiger partial charge in [-0.15, -0.1) is 5.10 Å². The van der Waals surface area contributed by atoms with E-state index in [-0.39, 0.29) is 24.0 Å². The molecule has 140 valence electrons. The van der Waals surface area contributed by atoms with Gasteiger partial charge in [0.1, 0.15) is 17.8 Å². The quantitative estimate of drug-likeness (QED) is 0.547. The van der Waals surface area contributed by atoms with E-state index in [4.69, 9.17) is 0 Å². The number of alkyl halides is 3. The van der Waals surface area contributed by atoms with Crippen LogP contribution >= 0.6 is 0 Å². The summed E-state index contributed by atoms with van der Waals surface area (Å²) in [6.07, 6.45) is -1.36. The van der Waals surface area contributed by atoms with Crippen molar-refractivity contribution in [2.75, 3.05) is 5.32 Å². The Balaban J connectivity index is 1.65. The number of rotatable bonds is 1. The highest BCUT2D eigenvalue weighted by Gasteiger charge is 2.45. The van der Waals surface area contributed by atoms with Crippen molar-refractivity contribution >= 4 is 22.5 Å². The standard InChI is InChI=1S/C15H14F3N9/c1-7-3-10(15(16,17)18)27-11(21-7)4-9(23-27)12-22-14-8-5-20-25(2)13(8)19-6-26(14)24-12/h4-7,10,21H,3H2,1-2H3. The van der Waals surface area contributed by atoms with Crippen LogP contribution < -0.4 is 5.32 Å². The molecule has 0 amide bonds. The number of halogens is 3. The number of nitrogens with zero attached hydrogens (tertiary/aromatic N) is 8. The van der Waals surface area contributed by atoms with Crippen LogP contribution in [-0.4, -0.2) is 51.4 Å². The van der Waals surface area contributed by atoms with E-state index in [1.807, 2.05) is 0 Å². The molecule has 0 aliphatic carbocycles. The lowest BCUT2D eigenvalue weighted by Gasteiger charge is -2.31. The summed E-state index contributed by atoms with van der Waals surface area (Å²) in [6.45, 7) is 1.71. The Morgan fingerprint density at radius 2 is 2.04 bits per heavy atom. The average molecular weight is 377 g/mol. The molecule has 0 fully saturated rings. The predicted octanol–water partition coefficient (Wildman–Crippen LogP) is 2.18. The van der Waals surface area contributed by atoms with Gasteiger partial charge in [0.05, 0.1) is 11.6 Å². The molecule has 1 aliphatic rings. The van der Waals surface area contributed by atoms with E-state index in [1.165, 1.54) is 16.9 Å². The van der Waals surface area contributed by atoms with E-state index in [9.17, 15) is 13.2 Å². The van der Waals surface area contributed by atoms with Gasteiger partial charge in [-0.05, 0) is 13.3 Å². The smallest absolute Gasteiger partial charge is 0.368 e. The first-order valence-electron chi connectivity index (χ1n) is 8.27. The maximum atomic E-state index is 13.4. The molecule has 0 saturated carbocycles. The highest BCUT2D eigenvalue weighted by molar-refractivity contribution is 5.88. The topological polar surface area (TPSA) is 90.8 Å². The number of aromatic nitrogens is 8. The Kier molecular flexibility index (Phi) is 3.07. The summed E-state index contributed by atoms with van der Waals surface area (Å²) in [7, 11) is 1.76. The molecule has 9 nitrogen and oxygen atoms in total. The largest absolute Gasteiger partial charge is 0.410 e. The van der Waals surface area contributed by atoms with Crippen molar-refractivity contribution in [3.05, 3.63) is 18.6 Å². The minimum absolute atomic E-state index is 0.0869. The van der Waals surface area contributed by atoms with Gasteiger partial charge in [0.2, 0.25) is 5.82 Å². The van der Waals surface area contributed by atoms with Crippen LogP contribution in [0.2, 0.25) is 0 Å². The van der Waals surface area contributed by atoms with Gasteiger partial charge in [-0.3, -0.25) is 4.68 Å². The van der Waals surface area contributed by atoms with Gasteiger partial charge in [-0.1, -0.05) is 0 Å². The Morgan fingerprint density at radius 1 is 1.22 bits per heavy atom. The zero-order chi connectivity index (χ0) is 18.9. The first-order valence-corrected chi connectivity index (χ1v) is 8.27. The van der Waals surface area contributed by atoms with E-state index < -0.39 is 12.2 Å². The Labute approximate surface area is 149 Å². The lowest BCUT2D eigenvalue weighted by atomic mass is 10.1. The molecular weight excluding hydrogens is 363 g/mol. The summed E-state index contributed by atoms with van der Waals surface area (Å²) in [6, 6.07) is -0.458. The van der Waals surface area contributed by atoms with Gasteiger partial charge < -0.3 is 5.32 Å². The van der Waals surface area contributed by atoms with Gasteiger partial charge in [0, 0.05) is 19.2 Å². The van der Waals surface area contributed by atoms with Gasteiger partial charge >= 0.3 is 6.18 Å². The number of aryl methyl sites for hydroxylation is 1. The zero-order valence-corrected chi connectivity index (χ0v) is 14.3. The summed E-state index contributed by atoms with van der Waals surface area (Å²) < 4.78 is 44.3. The van der Waals surface area contributed by atoms with Crippen LogP contribution in [0.5, 0.6) is 0 Å². The molecule has 4 aromatic rings. The van der Waals surface area contributed by atoms with E-state index in [0.717, 1.165) is 4.68 Å². The van der Waals surface area contributed by atoms with Crippen LogP contribution in [0.25, 0.3) is 28.2 Å². The molecule has 5 rings (SSSR count).